The first-order chi connectivity index (χ1) is 13.7. The molecule has 0 bridgehead atoms. The van der Waals surface area contributed by atoms with Gasteiger partial charge in [0, 0.05) is 5.56 Å². The van der Waals surface area contributed by atoms with Gasteiger partial charge in [-0.1, -0.05) is 30.3 Å². The van der Waals surface area contributed by atoms with Crippen molar-refractivity contribution in [1.29, 1.82) is 0 Å². The van der Waals surface area contributed by atoms with Gasteiger partial charge in [-0.3, -0.25) is 9.52 Å². The number of carbonyl (C=O) groups is 1. The average Bonchev–Trinajstić information content (AvgIpc) is 2.66. The second-order valence-electron chi connectivity index (χ2n) is 6.45. The van der Waals surface area contributed by atoms with Gasteiger partial charge in [-0.05, 0) is 55.3 Å². The highest BCUT2D eigenvalue weighted by atomic mass is 32.2. The Morgan fingerprint density at radius 2 is 1.52 bits per heavy atom. The third kappa shape index (κ3) is 4.43. The van der Waals surface area contributed by atoms with E-state index in [1.54, 1.807) is 38.1 Å². The molecule has 0 atom stereocenters. The molecule has 0 saturated carbocycles. The summed E-state index contributed by atoms with van der Waals surface area (Å²) in [5.74, 6) is -2.69. The predicted octanol–water partition coefficient (Wildman–Crippen LogP) is 4.63. The average molecular weight is 416 g/mol. The minimum atomic E-state index is -3.99. The Hall–Kier alpha value is -3.26. The number of hydrogen-bond donors (Lipinski definition) is 2. The van der Waals surface area contributed by atoms with Crippen molar-refractivity contribution in [1.82, 2.24) is 0 Å². The van der Waals surface area contributed by atoms with Crippen LogP contribution in [-0.2, 0) is 10.0 Å². The smallest absolute Gasteiger partial charge is 0.262 e. The summed E-state index contributed by atoms with van der Waals surface area (Å²) in [6, 6.07) is 14.1. The van der Waals surface area contributed by atoms with Gasteiger partial charge in [0.1, 0.15) is 17.3 Å². The number of aryl methyl sites for hydroxylation is 2. The van der Waals surface area contributed by atoms with Crippen LogP contribution in [0.15, 0.2) is 65.6 Å². The van der Waals surface area contributed by atoms with E-state index in [0.717, 1.165) is 17.7 Å². The van der Waals surface area contributed by atoms with Crippen LogP contribution in [-0.4, -0.2) is 14.3 Å². The lowest BCUT2D eigenvalue weighted by atomic mass is 10.1. The Balaban J connectivity index is 1.93. The van der Waals surface area contributed by atoms with Crippen LogP contribution in [0.4, 0.5) is 20.2 Å². The molecule has 2 N–H and O–H groups in total. The first-order valence-electron chi connectivity index (χ1n) is 8.63. The van der Waals surface area contributed by atoms with Gasteiger partial charge in [0.25, 0.3) is 15.9 Å². The molecule has 150 valence electrons. The third-order valence-electron chi connectivity index (χ3n) is 4.33. The van der Waals surface area contributed by atoms with Crippen molar-refractivity contribution in [2.45, 2.75) is 18.7 Å². The van der Waals surface area contributed by atoms with E-state index in [9.17, 15) is 22.0 Å². The molecule has 0 saturated heterocycles. The maximum Gasteiger partial charge on any atom is 0.262 e. The molecule has 0 radical (unpaired) electrons. The van der Waals surface area contributed by atoms with Gasteiger partial charge in [0.2, 0.25) is 0 Å². The van der Waals surface area contributed by atoms with Gasteiger partial charge in [-0.15, -0.1) is 0 Å². The Morgan fingerprint density at radius 3 is 2.17 bits per heavy atom. The SMILES string of the molecule is Cc1ccccc1NS(=O)(=O)c1cc(C(=O)Nc2c(F)cccc2F)ccc1C. The molecule has 3 rings (SSSR count). The van der Waals surface area contributed by atoms with Crippen molar-refractivity contribution in [2.24, 2.45) is 0 Å². The fraction of sp³-hybridized carbons (Fsp3) is 0.0952. The summed E-state index contributed by atoms with van der Waals surface area (Å²) in [5.41, 5.74) is 0.913. The van der Waals surface area contributed by atoms with Crippen LogP contribution in [0.5, 0.6) is 0 Å². The van der Waals surface area contributed by atoms with E-state index in [0.29, 0.717) is 11.3 Å². The largest absolute Gasteiger partial charge is 0.317 e. The second-order valence-corrected chi connectivity index (χ2v) is 8.10. The molecular weight excluding hydrogens is 398 g/mol. The Bertz CT molecular complexity index is 1170. The first kappa shape index (κ1) is 20.5. The summed E-state index contributed by atoms with van der Waals surface area (Å²) in [4.78, 5) is 12.4. The molecule has 29 heavy (non-hydrogen) atoms. The van der Waals surface area contributed by atoms with Crippen molar-refractivity contribution in [3.05, 3.63) is 89.0 Å². The van der Waals surface area contributed by atoms with Gasteiger partial charge < -0.3 is 5.32 Å². The number of nitrogens with one attached hydrogen (secondary N) is 2. The molecule has 0 aliphatic heterocycles. The van der Waals surface area contributed by atoms with E-state index in [1.165, 1.54) is 24.3 Å². The number of anilines is 2. The quantitative estimate of drug-likeness (QED) is 0.637. The Kier molecular flexibility index (Phi) is 5.65. The summed E-state index contributed by atoms with van der Waals surface area (Å²) in [6.07, 6.45) is 0. The summed E-state index contributed by atoms with van der Waals surface area (Å²) in [6.45, 7) is 3.35. The minimum absolute atomic E-state index is 0.0524. The second kappa shape index (κ2) is 8.00. The van der Waals surface area contributed by atoms with Crippen molar-refractivity contribution < 1.29 is 22.0 Å². The van der Waals surface area contributed by atoms with Crippen molar-refractivity contribution >= 4 is 27.3 Å². The Morgan fingerprint density at radius 1 is 0.862 bits per heavy atom. The van der Waals surface area contributed by atoms with Crippen LogP contribution in [0.25, 0.3) is 0 Å². The number of amides is 1. The highest BCUT2D eigenvalue weighted by Crippen LogP contribution is 2.24. The summed E-state index contributed by atoms with van der Waals surface area (Å²) in [5, 5.41) is 2.15. The number of hydrogen-bond acceptors (Lipinski definition) is 3. The van der Waals surface area contributed by atoms with E-state index in [1.807, 2.05) is 0 Å². The predicted molar refractivity (Wildman–Crippen MR) is 107 cm³/mol. The van der Waals surface area contributed by atoms with Crippen molar-refractivity contribution in [3.63, 3.8) is 0 Å². The Labute approximate surface area is 167 Å². The molecule has 0 heterocycles. The van der Waals surface area contributed by atoms with Gasteiger partial charge >= 0.3 is 0 Å². The molecule has 0 fully saturated rings. The zero-order valence-electron chi connectivity index (χ0n) is 15.7. The van der Waals surface area contributed by atoms with Gasteiger partial charge in [0.15, 0.2) is 0 Å². The number of benzene rings is 3. The van der Waals surface area contributed by atoms with Crippen LogP contribution in [0, 0.1) is 25.5 Å². The lowest BCUT2D eigenvalue weighted by Gasteiger charge is -2.14. The molecule has 0 spiro atoms. The lowest BCUT2D eigenvalue weighted by Crippen LogP contribution is -2.18. The van der Waals surface area contributed by atoms with E-state index < -0.39 is 33.3 Å². The maximum atomic E-state index is 13.8. The molecule has 3 aromatic carbocycles. The minimum Gasteiger partial charge on any atom is -0.317 e. The van der Waals surface area contributed by atoms with Crippen LogP contribution in [0.3, 0.4) is 0 Å². The zero-order valence-corrected chi connectivity index (χ0v) is 16.5. The standard InChI is InChI=1S/C21H18F2N2O3S/c1-13-6-3-4-9-18(13)25-29(27,28)19-12-15(11-10-14(19)2)21(26)24-20-16(22)7-5-8-17(20)23/h3-12,25H,1-2H3,(H,24,26). The van der Waals surface area contributed by atoms with Crippen molar-refractivity contribution in [3.8, 4) is 0 Å². The fourth-order valence-corrected chi connectivity index (χ4v) is 4.12. The topological polar surface area (TPSA) is 75.3 Å². The summed E-state index contributed by atoms with van der Waals surface area (Å²) < 4.78 is 55.8. The third-order valence-corrected chi connectivity index (χ3v) is 5.84. The molecular formula is C21H18F2N2O3S. The molecule has 0 aliphatic carbocycles. The molecule has 8 heteroatoms. The molecule has 3 aromatic rings. The summed E-state index contributed by atoms with van der Waals surface area (Å²) in [7, 11) is -3.99. The van der Waals surface area contributed by atoms with Gasteiger partial charge in [0.05, 0.1) is 10.6 Å². The van der Waals surface area contributed by atoms with Crippen molar-refractivity contribution in [2.75, 3.05) is 10.0 Å². The van der Waals surface area contributed by atoms with Gasteiger partial charge in [-0.25, -0.2) is 17.2 Å². The van der Waals surface area contributed by atoms with Crippen LogP contribution in [0.1, 0.15) is 21.5 Å². The summed E-state index contributed by atoms with van der Waals surface area (Å²) >= 11 is 0. The van der Waals surface area contributed by atoms with Gasteiger partial charge in [-0.2, -0.15) is 0 Å². The highest BCUT2D eigenvalue weighted by molar-refractivity contribution is 7.92. The number of halogens is 2. The normalized spacial score (nSPS) is 11.2. The van der Waals surface area contributed by atoms with E-state index >= 15 is 0 Å². The van der Waals surface area contributed by atoms with E-state index in [2.05, 4.69) is 10.0 Å². The van der Waals surface area contributed by atoms with Crippen LogP contribution in [0.2, 0.25) is 0 Å². The van der Waals surface area contributed by atoms with Crippen LogP contribution < -0.4 is 10.0 Å². The maximum absolute atomic E-state index is 13.8. The fourth-order valence-electron chi connectivity index (χ4n) is 2.72. The molecule has 0 aliphatic rings. The van der Waals surface area contributed by atoms with E-state index in [4.69, 9.17) is 0 Å². The number of sulfonamides is 1. The highest BCUT2D eigenvalue weighted by Gasteiger charge is 2.21. The van der Waals surface area contributed by atoms with E-state index in [-0.39, 0.29) is 10.5 Å². The molecule has 0 aromatic heterocycles. The zero-order chi connectivity index (χ0) is 21.2. The number of para-hydroxylation sites is 2. The number of carbonyl (C=O) groups excluding carboxylic acids is 1. The van der Waals surface area contributed by atoms with Crippen LogP contribution >= 0.6 is 0 Å². The molecule has 0 unspecified atom stereocenters. The monoisotopic (exact) mass is 416 g/mol. The number of rotatable bonds is 5. The molecule has 1 amide bonds. The molecule has 5 nitrogen and oxygen atoms in total. The lowest BCUT2D eigenvalue weighted by molar-refractivity contribution is 0.102. The first-order valence-corrected chi connectivity index (χ1v) is 10.1.